The second-order valence-electron chi connectivity index (χ2n) is 4.07. The van der Waals surface area contributed by atoms with Crippen molar-refractivity contribution in [3.05, 3.63) is 45.4 Å². The summed E-state index contributed by atoms with van der Waals surface area (Å²) < 4.78 is 40.2. The summed E-state index contributed by atoms with van der Waals surface area (Å²) in [6.07, 6.45) is 0.515. The van der Waals surface area contributed by atoms with Crippen molar-refractivity contribution in [2.75, 3.05) is 12.3 Å². The number of rotatable bonds is 5. The number of nitrogens with one attached hydrogen (secondary N) is 1. The maximum Gasteiger partial charge on any atom is 0.240 e. The minimum Gasteiger partial charge on any atom is -0.399 e. The quantitative estimate of drug-likeness (QED) is 0.826. The Morgan fingerprint density at radius 2 is 2.05 bits per heavy atom. The summed E-state index contributed by atoms with van der Waals surface area (Å²) in [5, 5.41) is 0. The van der Waals surface area contributed by atoms with Gasteiger partial charge in [-0.25, -0.2) is 17.5 Å². The summed E-state index contributed by atoms with van der Waals surface area (Å²) in [5.74, 6) is -0.685. The molecule has 0 bridgehead atoms. The van der Waals surface area contributed by atoms with Crippen LogP contribution >= 0.6 is 22.9 Å². The van der Waals surface area contributed by atoms with Crippen LogP contribution in [-0.2, 0) is 16.4 Å². The summed E-state index contributed by atoms with van der Waals surface area (Å²) in [7, 11) is -3.77. The van der Waals surface area contributed by atoms with Gasteiger partial charge in [0.25, 0.3) is 0 Å². The van der Waals surface area contributed by atoms with Crippen LogP contribution in [0.15, 0.2) is 35.2 Å². The van der Waals surface area contributed by atoms with E-state index >= 15 is 0 Å². The topological polar surface area (TPSA) is 72.2 Å². The molecule has 2 aromatic rings. The van der Waals surface area contributed by atoms with Gasteiger partial charge in [-0.15, -0.1) is 11.3 Å². The molecular formula is C12H12ClFN2O2S2. The maximum atomic E-state index is 13.2. The van der Waals surface area contributed by atoms with Crippen molar-refractivity contribution in [1.82, 2.24) is 4.72 Å². The van der Waals surface area contributed by atoms with Crippen LogP contribution in [0.1, 0.15) is 4.88 Å². The Morgan fingerprint density at radius 3 is 2.65 bits per heavy atom. The van der Waals surface area contributed by atoms with Crippen LogP contribution in [0.25, 0.3) is 0 Å². The van der Waals surface area contributed by atoms with Gasteiger partial charge in [0.05, 0.1) is 9.23 Å². The molecule has 0 amide bonds. The summed E-state index contributed by atoms with van der Waals surface area (Å²) >= 11 is 7.17. The lowest BCUT2D eigenvalue weighted by atomic mass is 10.3. The van der Waals surface area contributed by atoms with E-state index in [4.69, 9.17) is 17.3 Å². The van der Waals surface area contributed by atoms with Crippen molar-refractivity contribution in [3.8, 4) is 0 Å². The second kappa shape index (κ2) is 6.09. The molecule has 0 unspecified atom stereocenters. The molecule has 4 nitrogen and oxygen atoms in total. The molecule has 0 atom stereocenters. The average molecular weight is 335 g/mol. The van der Waals surface area contributed by atoms with E-state index < -0.39 is 15.8 Å². The number of anilines is 1. The summed E-state index contributed by atoms with van der Waals surface area (Å²) in [4.78, 5) is 0.788. The lowest BCUT2D eigenvalue weighted by molar-refractivity contribution is 0.578. The van der Waals surface area contributed by atoms with Gasteiger partial charge in [-0.3, -0.25) is 0 Å². The van der Waals surface area contributed by atoms with E-state index in [2.05, 4.69) is 4.72 Å². The highest BCUT2D eigenvalue weighted by Gasteiger charge is 2.15. The Bertz CT molecular complexity index is 696. The lowest BCUT2D eigenvalue weighted by Crippen LogP contribution is -2.26. The number of sulfonamides is 1. The molecule has 3 N–H and O–H groups in total. The molecule has 0 aliphatic heterocycles. The molecule has 108 valence electrons. The van der Waals surface area contributed by atoms with E-state index in [0.29, 0.717) is 10.8 Å². The van der Waals surface area contributed by atoms with Gasteiger partial charge < -0.3 is 5.73 Å². The Hall–Kier alpha value is -1.15. The number of thiophene rings is 1. The Morgan fingerprint density at radius 1 is 1.30 bits per heavy atom. The van der Waals surface area contributed by atoms with Crippen LogP contribution < -0.4 is 10.5 Å². The molecule has 20 heavy (non-hydrogen) atoms. The largest absolute Gasteiger partial charge is 0.399 e. The fourth-order valence-corrected chi connectivity index (χ4v) is 3.80. The molecule has 8 heteroatoms. The first-order valence-electron chi connectivity index (χ1n) is 5.67. The molecule has 0 saturated heterocycles. The number of benzene rings is 1. The van der Waals surface area contributed by atoms with E-state index in [1.807, 2.05) is 6.07 Å². The Balaban J connectivity index is 2.03. The monoisotopic (exact) mass is 334 g/mol. The number of hydrogen-bond donors (Lipinski definition) is 2. The summed E-state index contributed by atoms with van der Waals surface area (Å²) in [6, 6.07) is 6.80. The van der Waals surface area contributed by atoms with Crippen LogP contribution in [0.5, 0.6) is 0 Å². The van der Waals surface area contributed by atoms with E-state index in [1.54, 1.807) is 6.07 Å². The van der Waals surface area contributed by atoms with Crippen LogP contribution in [-0.4, -0.2) is 15.0 Å². The summed E-state index contributed by atoms with van der Waals surface area (Å²) in [6.45, 7) is 0.204. The predicted molar refractivity (Wildman–Crippen MR) is 79.0 cm³/mol. The van der Waals surface area contributed by atoms with Crippen LogP contribution in [0.4, 0.5) is 10.1 Å². The molecule has 0 radical (unpaired) electrons. The van der Waals surface area contributed by atoms with Crippen LogP contribution in [0.3, 0.4) is 0 Å². The zero-order valence-corrected chi connectivity index (χ0v) is 12.7. The number of nitrogen functional groups attached to an aromatic ring is 1. The number of halogens is 2. The normalized spacial score (nSPS) is 11.7. The van der Waals surface area contributed by atoms with Gasteiger partial charge in [-0.2, -0.15) is 0 Å². The van der Waals surface area contributed by atoms with Crippen molar-refractivity contribution >= 4 is 38.6 Å². The minimum atomic E-state index is -3.77. The molecule has 1 aromatic heterocycles. The van der Waals surface area contributed by atoms with Gasteiger partial charge in [0.2, 0.25) is 10.0 Å². The van der Waals surface area contributed by atoms with E-state index in [-0.39, 0.29) is 17.1 Å². The minimum absolute atomic E-state index is 0.0652. The SMILES string of the molecule is Nc1cc(F)cc(S(=O)(=O)NCCc2ccc(Cl)s2)c1. The van der Waals surface area contributed by atoms with E-state index in [9.17, 15) is 12.8 Å². The molecular weight excluding hydrogens is 323 g/mol. The van der Waals surface area contributed by atoms with Gasteiger partial charge in [0.15, 0.2) is 0 Å². The van der Waals surface area contributed by atoms with Gasteiger partial charge in [-0.05, 0) is 36.8 Å². The first-order chi connectivity index (χ1) is 9.37. The Kier molecular flexibility index (Phi) is 4.64. The first kappa shape index (κ1) is 15.2. The van der Waals surface area contributed by atoms with Crippen LogP contribution in [0.2, 0.25) is 4.34 Å². The highest BCUT2D eigenvalue weighted by atomic mass is 35.5. The molecule has 0 fully saturated rings. The van der Waals surface area contributed by atoms with E-state index in [1.165, 1.54) is 17.4 Å². The fourth-order valence-electron chi connectivity index (χ4n) is 1.62. The fraction of sp³-hybridized carbons (Fsp3) is 0.167. The second-order valence-corrected chi connectivity index (χ2v) is 7.64. The van der Waals surface area contributed by atoms with Crippen LogP contribution in [0, 0.1) is 5.82 Å². The average Bonchev–Trinajstić information content (AvgIpc) is 2.73. The number of nitrogens with two attached hydrogens (primary N) is 1. The molecule has 1 aromatic carbocycles. The van der Waals surface area contributed by atoms with Gasteiger partial charge in [0.1, 0.15) is 5.82 Å². The van der Waals surface area contributed by atoms with Crippen molar-refractivity contribution in [2.24, 2.45) is 0 Å². The smallest absolute Gasteiger partial charge is 0.240 e. The van der Waals surface area contributed by atoms with Crippen molar-refractivity contribution < 1.29 is 12.8 Å². The third kappa shape index (κ3) is 3.92. The van der Waals surface area contributed by atoms with Crippen molar-refractivity contribution in [1.29, 1.82) is 0 Å². The highest BCUT2D eigenvalue weighted by molar-refractivity contribution is 7.89. The number of hydrogen-bond acceptors (Lipinski definition) is 4. The summed E-state index contributed by atoms with van der Waals surface area (Å²) in [5.41, 5.74) is 5.50. The predicted octanol–water partition coefficient (Wildman–Crippen LogP) is 2.64. The third-order valence-electron chi connectivity index (χ3n) is 2.50. The molecule has 0 aliphatic rings. The van der Waals surface area contributed by atoms with Gasteiger partial charge in [0, 0.05) is 17.1 Å². The third-order valence-corrected chi connectivity index (χ3v) is 5.23. The highest BCUT2D eigenvalue weighted by Crippen LogP contribution is 2.21. The zero-order chi connectivity index (χ0) is 14.8. The van der Waals surface area contributed by atoms with E-state index in [0.717, 1.165) is 17.0 Å². The Labute approximate surface area is 125 Å². The first-order valence-corrected chi connectivity index (χ1v) is 8.34. The van der Waals surface area contributed by atoms with Crippen molar-refractivity contribution in [2.45, 2.75) is 11.3 Å². The molecule has 2 rings (SSSR count). The van der Waals surface area contributed by atoms with Gasteiger partial charge >= 0.3 is 0 Å². The molecule has 0 saturated carbocycles. The molecule has 1 heterocycles. The zero-order valence-electron chi connectivity index (χ0n) is 10.3. The lowest BCUT2D eigenvalue weighted by Gasteiger charge is -2.07. The molecule has 0 aliphatic carbocycles. The maximum absolute atomic E-state index is 13.2. The van der Waals surface area contributed by atoms with Crippen molar-refractivity contribution in [3.63, 3.8) is 0 Å². The standard InChI is InChI=1S/C12H12ClFN2O2S2/c13-12-2-1-10(19-12)3-4-16-20(17,18)11-6-8(14)5-9(15)7-11/h1-2,5-7,16H,3-4,15H2. The molecule has 0 spiro atoms. The van der Waals surface area contributed by atoms with Gasteiger partial charge in [-0.1, -0.05) is 11.6 Å².